The Balaban J connectivity index is 1.55. The van der Waals surface area contributed by atoms with Crippen molar-refractivity contribution in [1.29, 1.82) is 5.26 Å². The number of nitrogens with zero attached hydrogens (tertiary/aromatic N) is 1. The first-order valence-electron chi connectivity index (χ1n) is 10.8. The second kappa shape index (κ2) is 9.75. The maximum absolute atomic E-state index is 8.94. The highest BCUT2D eigenvalue weighted by molar-refractivity contribution is 5.64. The number of rotatable bonds is 7. The van der Waals surface area contributed by atoms with E-state index in [1.807, 2.05) is 24.3 Å². The lowest BCUT2D eigenvalue weighted by Crippen LogP contribution is -2.19. The van der Waals surface area contributed by atoms with Crippen molar-refractivity contribution in [2.75, 3.05) is 0 Å². The van der Waals surface area contributed by atoms with Gasteiger partial charge in [-0.3, -0.25) is 0 Å². The largest absolute Gasteiger partial charge is 0.192 e. The summed E-state index contributed by atoms with van der Waals surface area (Å²) in [6.07, 6.45) is 11.0. The normalized spacial score (nSPS) is 20.8. The van der Waals surface area contributed by atoms with Crippen molar-refractivity contribution in [3.05, 3.63) is 59.7 Å². The van der Waals surface area contributed by atoms with E-state index in [0.717, 1.165) is 23.3 Å². The Morgan fingerprint density at radius 3 is 2.04 bits per heavy atom. The molecule has 142 valence electrons. The van der Waals surface area contributed by atoms with Gasteiger partial charge in [-0.15, -0.1) is 0 Å². The van der Waals surface area contributed by atoms with E-state index >= 15 is 0 Å². The van der Waals surface area contributed by atoms with Crippen LogP contribution in [0.5, 0.6) is 0 Å². The molecule has 0 amide bonds. The van der Waals surface area contributed by atoms with Crippen LogP contribution in [0.1, 0.15) is 82.3 Å². The highest BCUT2D eigenvalue weighted by Gasteiger charge is 2.25. The smallest absolute Gasteiger partial charge is 0.0991 e. The first kappa shape index (κ1) is 19.7. The third-order valence-corrected chi connectivity index (χ3v) is 6.57. The molecule has 1 fully saturated rings. The van der Waals surface area contributed by atoms with Crippen molar-refractivity contribution >= 4 is 0 Å². The molecule has 3 rings (SSSR count). The van der Waals surface area contributed by atoms with Gasteiger partial charge >= 0.3 is 0 Å². The second-order valence-electron chi connectivity index (χ2n) is 8.40. The summed E-state index contributed by atoms with van der Waals surface area (Å²) >= 11 is 0. The first-order chi connectivity index (χ1) is 13.2. The summed E-state index contributed by atoms with van der Waals surface area (Å²) < 4.78 is 0. The minimum absolute atomic E-state index is 0.719. The molecule has 0 radical (unpaired) electrons. The zero-order chi connectivity index (χ0) is 19.1. The molecule has 0 saturated heterocycles. The van der Waals surface area contributed by atoms with Gasteiger partial charge in [-0.05, 0) is 72.3 Å². The predicted octanol–water partition coefficient (Wildman–Crippen LogP) is 7.72. The lowest BCUT2D eigenvalue weighted by atomic mass is 9.73. The summed E-state index contributed by atoms with van der Waals surface area (Å²) in [5.41, 5.74) is 4.65. The molecule has 0 aliphatic heterocycles. The van der Waals surface area contributed by atoms with E-state index in [-0.39, 0.29) is 0 Å². The maximum atomic E-state index is 8.94. The quantitative estimate of drug-likeness (QED) is 0.464. The molecule has 2 aromatic rings. The SMILES string of the molecule is CCCCCC(C)[C@H]1CC[C@H](c2ccc(-c3ccc(C#N)cc3)cc2)CC1. The third kappa shape index (κ3) is 5.23. The van der Waals surface area contributed by atoms with Crippen LogP contribution in [0.15, 0.2) is 48.5 Å². The molecule has 1 aliphatic rings. The van der Waals surface area contributed by atoms with Gasteiger partial charge in [0, 0.05) is 0 Å². The molecule has 0 spiro atoms. The second-order valence-corrected chi connectivity index (χ2v) is 8.40. The molecule has 0 aromatic heterocycles. The minimum Gasteiger partial charge on any atom is -0.192 e. The third-order valence-electron chi connectivity index (χ3n) is 6.57. The summed E-state index contributed by atoms with van der Waals surface area (Å²) in [6.45, 7) is 4.77. The fourth-order valence-corrected chi connectivity index (χ4v) is 4.66. The van der Waals surface area contributed by atoms with Gasteiger partial charge in [-0.25, -0.2) is 0 Å². The first-order valence-corrected chi connectivity index (χ1v) is 10.8. The van der Waals surface area contributed by atoms with Crippen molar-refractivity contribution < 1.29 is 0 Å². The van der Waals surface area contributed by atoms with Gasteiger partial charge < -0.3 is 0 Å². The van der Waals surface area contributed by atoms with Crippen molar-refractivity contribution in [3.63, 3.8) is 0 Å². The molecule has 2 aromatic carbocycles. The highest BCUT2D eigenvalue weighted by Crippen LogP contribution is 2.40. The van der Waals surface area contributed by atoms with Crippen LogP contribution in [0.25, 0.3) is 11.1 Å². The van der Waals surface area contributed by atoms with Gasteiger partial charge in [0.25, 0.3) is 0 Å². The number of nitriles is 1. The molecular formula is C26H33N. The monoisotopic (exact) mass is 359 g/mol. The van der Waals surface area contributed by atoms with Crippen molar-refractivity contribution in [2.24, 2.45) is 11.8 Å². The van der Waals surface area contributed by atoms with Crippen LogP contribution in [0, 0.1) is 23.2 Å². The standard InChI is InChI=1S/C26H33N/c1-3-4-5-6-20(2)22-11-13-24(14-12-22)26-17-15-25(16-18-26)23-9-7-21(19-27)8-10-23/h7-10,15-18,20,22,24H,3-6,11-14H2,1-2H3/t20?,22-,24-. The van der Waals surface area contributed by atoms with E-state index < -0.39 is 0 Å². The Bertz CT molecular complexity index is 727. The number of unbranched alkanes of at least 4 members (excludes halogenated alkanes) is 2. The predicted molar refractivity (Wildman–Crippen MR) is 115 cm³/mol. The molecule has 1 saturated carbocycles. The maximum Gasteiger partial charge on any atom is 0.0991 e. The van der Waals surface area contributed by atoms with Crippen LogP contribution in [-0.4, -0.2) is 0 Å². The van der Waals surface area contributed by atoms with Crippen LogP contribution < -0.4 is 0 Å². The number of hydrogen-bond donors (Lipinski definition) is 0. The van der Waals surface area contributed by atoms with Gasteiger partial charge in [-0.2, -0.15) is 5.26 Å². The van der Waals surface area contributed by atoms with Crippen molar-refractivity contribution in [3.8, 4) is 17.2 Å². The van der Waals surface area contributed by atoms with Crippen LogP contribution in [0.4, 0.5) is 0 Å². The Hall–Kier alpha value is -2.07. The fraction of sp³-hybridized carbons (Fsp3) is 0.500. The van der Waals surface area contributed by atoms with Crippen molar-refractivity contribution in [1.82, 2.24) is 0 Å². The summed E-state index contributed by atoms with van der Waals surface area (Å²) in [5, 5.41) is 8.94. The zero-order valence-electron chi connectivity index (χ0n) is 17.0. The van der Waals surface area contributed by atoms with Crippen LogP contribution in [-0.2, 0) is 0 Å². The molecule has 0 N–H and O–H groups in total. The fourth-order valence-electron chi connectivity index (χ4n) is 4.66. The molecular weight excluding hydrogens is 326 g/mol. The summed E-state index contributed by atoms with van der Waals surface area (Å²) in [4.78, 5) is 0. The topological polar surface area (TPSA) is 23.8 Å². The summed E-state index contributed by atoms with van der Waals surface area (Å²) in [5.74, 6) is 2.58. The van der Waals surface area contributed by atoms with Gasteiger partial charge in [0.2, 0.25) is 0 Å². The van der Waals surface area contributed by atoms with Crippen molar-refractivity contribution in [2.45, 2.75) is 71.1 Å². The molecule has 0 heterocycles. The number of hydrogen-bond acceptors (Lipinski definition) is 1. The van der Waals surface area contributed by atoms with Gasteiger partial charge in [-0.1, -0.05) is 75.9 Å². The average Bonchev–Trinajstić information content (AvgIpc) is 2.74. The van der Waals surface area contributed by atoms with E-state index in [9.17, 15) is 0 Å². The van der Waals surface area contributed by atoms with Gasteiger partial charge in [0.05, 0.1) is 11.6 Å². The lowest BCUT2D eigenvalue weighted by molar-refractivity contribution is 0.232. The van der Waals surface area contributed by atoms with Crippen LogP contribution >= 0.6 is 0 Å². The van der Waals surface area contributed by atoms with E-state index in [1.54, 1.807) is 0 Å². The van der Waals surface area contributed by atoms with E-state index in [1.165, 1.54) is 68.1 Å². The Kier molecular flexibility index (Phi) is 7.11. The molecule has 1 atom stereocenters. The Labute approximate surface area is 165 Å². The summed E-state index contributed by atoms with van der Waals surface area (Å²) in [7, 11) is 0. The molecule has 1 unspecified atom stereocenters. The Morgan fingerprint density at radius 1 is 0.889 bits per heavy atom. The molecule has 0 bridgehead atoms. The highest BCUT2D eigenvalue weighted by atomic mass is 14.3. The molecule has 1 heteroatoms. The molecule has 1 aliphatic carbocycles. The molecule has 27 heavy (non-hydrogen) atoms. The summed E-state index contributed by atoms with van der Waals surface area (Å²) in [6, 6.07) is 19.2. The number of benzene rings is 2. The Morgan fingerprint density at radius 2 is 1.48 bits per heavy atom. The minimum atomic E-state index is 0.719. The average molecular weight is 360 g/mol. The lowest BCUT2D eigenvalue weighted by Gasteiger charge is -2.32. The van der Waals surface area contributed by atoms with E-state index in [4.69, 9.17) is 5.26 Å². The van der Waals surface area contributed by atoms with E-state index in [0.29, 0.717) is 0 Å². The van der Waals surface area contributed by atoms with Crippen LogP contribution in [0.3, 0.4) is 0 Å². The van der Waals surface area contributed by atoms with Gasteiger partial charge in [0.15, 0.2) is 0 Å². The zero-order valence-corrected chi connectivity index (χ0v) is 17.0. The van der Waals surface area contributed by atoms with Gasteiger partial charge in [0.1, 0.15) is 0 Å². The van der Waals surface area contributed by atoms with E-state index in [2.05, 4.69) is 44.2 Å². The molecule has 1 nitrogen and oxygen atoms in total. The van der Waals surface area contributed by atoms with Crippen LogP contribution in [0.2, 0.25) is 0 Å².